The number of ketones is 1. The number of aliphatic hydroxyl groups excluding tert-OH is 1. The summed E-state index contributed by atoms with van der Waals surface area (Å²) in [6.45, 7) is 4.89. The van der Waals surface area contributed by atoms with Gasteiger partial charge in [0.2, 0.25) is 0 Å². The van der Waals surface area contributed by atoms with Gasteiger partial charge in [-0.3, -0.25) is 14.5 Å². The molecule has 5 rings (SSSR count). The average molecular weight is 563 g/mol. The fourth-order valence-electron chi connectivity index (χ4n) is 4.49. The van der Waals surface area contributed by atoms with Gasteiger partial charge in [0.15, 0.2) is 16.6 Å². The fraction of sp³-hybridized carbons (Fsp3) is 0.233. The number of benzene rings is 3. The molecule has 1 atom stereocenters. The van der Waals surface area contributed by atoms with Gasteiger partial charge in [0, 0.05) is 10.6 Å². The number of aliphatic hydroxyl groups is 1. The minimum Gasteiger partial charge on any atom is -0.507 e. The van der Waals surface area contributed by atoms with Crippen LogP contribution in [0.15, 0.2) is 72.3 Å². The van der Waals surface area contributed by atoms with Crippen LogP contribution in [0, 0.1) is 0 Å². The van der Waals surface area contributed by atoms with Crippen molar-refractivity contribution in [2.75, 3.05) is 18.1 Å². The number of nitrogens with zero attached hydrogens (tertiary/aromatic N) is 2. The van der Waals surface area contributed by atoms with Gasteiger partial charge in [-0.2, -0.15) is 0 Å². The number of hydrogen-bond acceptors (Lipinski definition) is 7. The van der Waals surface area contributed by atoms with Gasteiger partial charge >= 0.3 is 5.91 Å². The number of amides is 1. The van der Waals surface area contributed by atoms with Crippen molar-refractivity contribution in [2.45, 2.75) is 32.7 Å². The quantitative estimate of drug-likeness (QED) is 0.101. The first-order valence-corrected chi connectivity index (χ1v) is 13.9. The Morgan fingerprint density at radius 3 is 2.56 bits per heavy atom. The van der Waals surface area contributed by atoms with Crippen LogP contribution in [0.3, 0.4) is 0 Å². The van der Waals surface area contributed by atoms with Crippen LogP contribution in [0.2, 0.25) is 5.02 Å². The van der Waals surface area contributed by atoms with Crippen LogP contribution in [0.1, 0.15) is 43.9 Å². The highest BCUT2D eigenvalue weighted by Gasteiger charge is 2.48. The van der Waals surface area contributed by atoms with Crippen LogP contribution in [-0.4, -0.2) is 35.0 Å². The molecule has 1 N–H and O–H groups in total. The summed E-state index contributed by atoms with van der Waals surface area (Å²) in [6, 6.07) is 18.3. The van der Waals surface area contributed by atoms with Crippen molar-refractivity contribution >= 4 is 55.7 Å². The first-order chi connectivity index (χ1) is 18.9. The molecule has 200 valence electrons. The highest BCUT2D eigenvalue weighted by molar-refractivity contribution is 7.22. The predicted octanol–water partition coefficient (Wildman–Crippen LogP) is 7.15. The Hall–Kier alpha value is -3.88. The third kappa shape index (κ3) is 5.22. The molecule has 1 aliphatic rings. The van der Waals surface area contributed by atoms with Crippen molar-refractivity contribution in [1.82, 2.24) is 4.98 Å². The summed E-state index contributed by atoms with van der Waals surface area (Å²) in [5.74, 6) is -0.758. The predicted molar refractivity (Wildman–Crippen MR) is 154 cm³/mol. The molecule has 2 heterocycles. The molecule has 7 nitrogen and oxygen atoms in total. The van der Waals surface area contributed by atoms with Crippen LogP contribution in [-0.2, 0) is 9.59 Å². The van der Waals surface area contributed by atoms with E-state index in [1.165, 1.54) is 16.2 Å². The Kier molecular flexibility index (Phi) is 7.86. The second-order valence-electron chi connectivity index (χ2n) is 8.98. The Morgan fingerprint density at radius 2 is 1.82 bits per heavy atom. The standard InChI is InChI=1S/C30H27ClN2O5S/c1-3-5-15-38-22-14-11-19(16-23(22)37-4-2)26-25(27(34)18-9-7-6-8-10-18)28(35)29(36)33(26)30-32-21-13-12-20(31)17-24(21)39-30/h6-14,16-17,26,34H,3-5,15H2,1-2H3/b27-25+. The molecule has 0 radical (unpaired) electrons. The SMILES string of the molecule is CCCCOc1ccc(C2/C(=C(\O)c3ccccc3)C(=O)C(=O)N2c2nc3ccc(Cl)cc3s2)cc1OCC. The van der Waals surface area contributed by atoms with Crippen LogP contribution >= 0.6 is 22.9 Å². The summed E-state index contributed by atoms with van der Waals surface area (Å²) < 4.78 is 12.6. The molecule has 0 aliphatic carbocycles. The van der Waals surface area contributed by atoms with Crippen molar-refractivity contribution in [3.05, 3.63) is 88.5 Å². The number of rotatable bonds is 9. The molecular weight excluding hydrogens is 536 g/mol. The number of thiazole rings is 1. The minimum atomic E-state index is -0.940. The number of hydrogen-bond donors (Lipinski definition) is 1. The minimum absolute atomic E-state index is 0.0226. The van der Waals surface area contributed by atoms with Crippen molar-refractivity contribution in [3.63, 3.8) is 0 Å². The maximum Gasteiger partial charge on any atom is 0.301 e. The summed E-state index contributed by atoms with van der Waals surface area (Å²) >= 11 is 7.43. The van der Waals surface area contributed by atoms with Crippen LogP contribution in [0.25, 0.3) is 16.0 Å². The van der Waals surface area contributed by atoms with Gasteiger partial charge in [0.25, 0.3) is 5.78 Å². The Labute approximate surface area is 235 Å². The van der Waals surface area contributed by atoms with Crippen LogP contribution in [0.5, 0.6) is 11.5 Å². The number of aromatic nitrogens is 1. The van der Waals surface area contributed by atoms with Gasteiger partial charge in [-0.25, -0.2) is 4.98 Å². The van der Waals surface area contributed by atoms with E-state index < -0.39 is 17.7 Å². The van der Waals surface area contributed by atoms with E-state index in [9.17, 15) is 14.7 Å². The monoisotopic (exact) mass is 562 g/mol. The fourth-order valence-corrected chi connectivity index (χ4v) is 5.76. The van der Waals surface area contributed by atoms with Gasteiger partial charge in [0.1, 0.15) is 5.76 Å². The lowest BCUT2D eigenvalue weighted by atomic mass is 9.95. The lowest BCUT2D eigenvalue weighted by molar-refractivity contribution is -0.132. The normalized spacial score (nSPS) is 16.7. The number of carbonyl (C=O) groups excluding carboxylic acids is 2. The number of Topliss-reactive ketones (excluding diaryl/α,β-unsaturated/α-hetero) is 1. The van der Waals surface area contributed by atoms with E-state index in [1.807, 2.05) is 13.0 Å². The molecule has 4 aromatic rings. The summed E-state index contributed by atoms with van der Waals surface area (Å²) in [6.07, 6.45) is 1.88. The average Bonchev–Trinajstić information content (AvgIpc) is 3.47. The molecule has 1 fully saturated rings. The molecule has 0 saturated carbocycles. The summed E-state index contributed by atoms with van der Waals surface area (Å²) in [7, 11) is 0. The van der Waals surface area contributed by atoms with Crippen molar-refractivity contribution in [3.8, 4) is 11.5 Å². The van der Waals surface area contributed by atoms with Crippen LogP contribution < -0.4 is 14.4 Å². The molecule has 1 saturated heterocycles. The second-order valence-corrected chi connectivity index (χ2v) is 10.4. The first-order valence-electron chi connectivity index (χ1n) is 12.7. The van der Waals surface area contributed by atoms with Crippen molar-refractivity contribution < 1.29 is 24.2 Å². The van der Waals surface area contributed by atoms with E-state index in [4.69, 9.17) is 21.1 Å². The maximum absolute atomic E-state index is 13.5. The van der Waals surface area contributed by atoms with E-state index >= 15 is 0 Å². The van der Waals surface area contributed by atoms with Gasteiger partial charge in [-0.1, -0.05) is 72.7 Å². The highest BCUT2D eigenvalue weighted by Crippen LogP contribution is 2.46. The molecule has 0 bridgehead atoms. The van der Waals surface area contributed by atoms with Gasteiger partial charge < -0.3 is 14.6 Å². The van der Waals surface area contributed by atoms with Crippen molar-refractivity contribution in [2.24, 2.45) is 0 Å². The second kappa shape index (κ2) is 11.5. The van der Waals surface area contributed by atoms with E-state index in [0.717, 1.165) is 17.5 Å². The third-order valence-corrected chi connectivity index (χ3v) is 7.63. The molecular formula is C30H27ClN2O5S. The largest absolute Gasteiger partial charge is 0.507 e. The first kappa shape index (κ1) is 26.7. The lowest BCUT2D eigenvalue weighted by Crippen LogP contribution is -2.29. The molecule has 39 heavy (non-hydrogen) atoms. The zero-order valence-corrected chi connectivity index (χ0v) is 23.1. The Balaban J connectivity index is 1.69. The molecule has 1 aromatic heterocycles. The van der Waals surface area contributed by atoms with E-state index in [0.29, 0.717) is 51.5 Å². The summed E-state index contributed by atoms with van der Waals surface area (Å²) in [5.41, 5.74) is 1.64. The van der Waals surface area contributed by atoms with E-state index in [2.05, 4.69) is 11.9 Å². The smallest absolute Gasteiger partial charge is 0.301 e. The van der Waals surface area contributed by atoms with E-state index in [-0.39, 0.29) is 11.3 Å². The number of carbonyl (C=O) groups is 2. The maximum atomic E-state index is 13.5. The third-order valence-electron chi connectivity index (χ3n) is 6.38. The van der Waals surface area contributed by atoms with Gasteiger partial charge in [-0.05, 0) is 49.2 Å². The molecule has 1 aliphatic heterocycles. The van der Waals surface area contributed by atoms with Crippen LogP contribution in [0.4, 0.5) is 5.13 Å². The number of anilines is 1. The topological polar surface area (TPSA) is 89.0 Å². The Morgan fingerprint density at radius 1 is 1.03 bits per heavy atom. The van der Waals surface area contributed by atoms with Gasteiger partial charge in [-0.15, -0.1) is 0 Å². The highest BCUT2D eigenvalue weighted by atomic mass is 35.5. The molecule has 0 spiro atoms. The molecule has 1 unspecified atom stereocenters. The van der Waals surface area contributed by atoms with Crippen molar-refractivity contribution in [1.29, 1.82) is 0 Å². The zero-order chi connectivity index (χ0) is 27.5. The molecule has 1 amide bonds. The number of ether oxygens (including phenoxy) is 2. The lowest BCUT2D eigenvalue weighted by Gasteiger charge is -2.24. The Bertz CT molecular complexity index is 1570. The zero-order valence-electron chi connectivity index (χ0n) is 21.5. The number of unbranched alkanes of at least 4 members (excludes halogenated alkanes) is 1. The van der Waals surface area contributed by atoms with E-state index in [1.54, 1.807) is 60.7 Å². The molecule has 3 aromatic carbocycles. The summed E-state index contributed by atoms with van der Waals surface area (Å²) in [4.78, 5) is 33.0. The summed E-state index contributed by atoms with van der Waals surface area (Å²) in [5, 5.41) is 12.2. The number of fused-ring (bicyclic) bond motifs is 1. The molecule has 9 heteroatoms. The van der Waals surface area contributed by atoms with Gasteiger partial charge in [0.05, 0.1) is 35.0 Å². The number of halogens is 1.